The van der Waals surface area contributed by atoms with E-state index in [-0.39, 0.29) is 29.6 Å². The predicted octanol–water partition coefficient (Wildman–Crippen LogP) is 5.71. The maximum absolute atomic E-state index is 15.1. The number of para-hydroxylation sites is 1. The van der Waals surface area contributed by atoms with Crippen LogP contribution in [0.2, 0.25) is 0 Å². The van der Waals surface area contributed by atoms with Crippen LogP contribution in [0.4, 0.5) is 14.5 Å². The van der Waals surface area contributed by atoms with E-state index in [0.29, 0.717) is 12.0 Å². The van der Waals surface area contributed by atoms with Crippen LogP contribution in [0.5, 0.6) is 0 Å². The molecule has 0 unspecified atom stereocenters. The van der Waals surface area contributed by atoms with Crippen LogP contribution in [0.3, 0.4) is 0 Å². The van der Waals surface area contributed by atoms with Crippen LogP contribution in [0.15, 0.2) is 114 Å². The first-order chi connectivity index (χ1) is 21.1. The van der Waals surface area contributed by atoms with Gasteiger partial charge in [-0.05, 0) is 60.9 Å². The molecule has 7 nitrogen and oxygen atoms in total. The summed E-state index contributed by atoms with van der Waals surface area (Å²) in [4.78, 5) is 29.3. The van der Waals surface area contributed by atoms with E-state index in [4.69, 9.17) is 0 Å². The Morgan fingerprint density at radius 2 is 1.39 bits per heavy atom. The van der Waals surface area contributed by atoms with E-state index in [9.17, 15) is 22.4 Å². The van der Waals surface area contributed by atoms with Gasteiger partial charge in [0, 0.05) is 19.0 Å². The van der Waals surface area contributed by atoms with Gasteiger partial charge >= 0.3 is 0 Å². The van der Waals surface area contributed by atoms with Gasteiger partial charge in [-0.3, -0.25) is 13.9 Å². The number of amides is 2. The van der Waals surface area contributed by atoms with Crippen molar-refractivity contribution < 1.29 is 26.8 Å². The second-order valence-electron chi connectivity index (χ2n) is 10.4. The zero-order chi connectivity index (χ0) is 31.7. The molecule has 0 saturated heterocycles. The Morgan fingerprint density at radius 3 is 2.00 bits per heavy atom. The molecule has 2 atom stereocenters. The maximum atomic E-state index is 15.1. The number of carbonyl (C=O) groups is 2. The Labute approximate surface area is 257 Å². The van der Waals surface area contributed by atoms with E-state index in [1.807, 2.05) is 44.2 Å². The van der Waals surface area contributed by atoms with E-state index in [1.54, 1.807) is 6.07 Å². The van der Waals surface area contributed by atoms with Crippen molar-refractivity contribution in [2.75, 3.05) is 10.8 Å². The predicted molar refractivity (Wildman–Crippen MR) is 166 cm³/mol. The van der Waals surface area contributed by atoms with Gasteiger partial charge in [-0.25, -0.2) is 17.2 Å². The molecule has 0 bridgehead atoms. The number of hydrogen-bond donors (Lipinski definition) is 1. The lowest BCUT2D eigenvalue weighted by molar-refractivity contribution is -0.140. The monoisotopic (exact) mass is 619 g/mol. The second kappa shape index (κ2) is 14.7. The van der Waals surface area contributed by atoms with Crippen molar-refractivity contribution in [2.45, 2.75) is 50.2 Å². The van der Waals surface area contributed by atoms with Gasteiger partial charge in [-0.2, -0.15) is 0 Å². The second-order valence-corrected chi connectivity index (χ2v) is 12.3. The van der Waals surface area contributed by atoms with Crippen LogP contribution in [0, 0.1) is 11.6 Å². The average Bonchev–Trinajstić information content (AvgIpc) is 3.03. The first kappa shape index (κ1) is 32.3. The smallest absolute Gasteiger partial charge is 0.264 e. The molecule has 4 aromatic rings. The molecule has 0 saturated carbocycles. The van der Waals surface area contributed by atoms with Crippen molar-refractivity contribution in [1.29, 1.82) is 0 Å². The number of rotatable bonds is 13. The van der Waals surface area contributed by atoms with Crippen LogP contribution >= 0.6 is 0 Å². The van der Waals surface area contributed by atoms with Crippen LogP contribution in [-0.2, 0) is 32.6 Å². The molecule has 2 amide bonds. The number of sulfonamides is 1. The van der Waals surface area contributed by atoms with Gasteiger partial charge in [-0.15, -0.1) is 0 Å². The minimum Gasteiger partial charge on any atom is -0.352 e. The van der Waals surface area contributed by atoms with Gasteiger partial charge in [0.05, 0.1) is 10.6 Å². The summed E-state index contributed by atoms with van der Waals surface area (Å²) in [5, 5.41) is 2.95. The number of nitrogens with one attached hydrogen (secondary N) is 1. The maximum Gasteiger partial charge on any atom is 0.264 e. The Kier molecular flexibility index (Phi) is 10.8. The first-order valence-electron chi connectivity index (χ1n) is 14.3. The lowest BCUT2D eigenvalue weighted by atomic mass is 10.0. The van der Waals surface area contributed by atoms with Gasteiger partial charge in [0.1, 0.15) is 24.2 Å². The van der Waals surface area contributed by atoms with Crippen molar-refractivity contribution >= 4 is 27.5 Å². The van der Waals surface area contributed by atoms with Crippen LogP contribution < -0.4 is 9.62 Å². The molecule has 10 heteroatoms. The highest BCUT2D eigenvalue weighted by Crippen LogP contribution is 2.27. The normalized spacial score (nSPS) is 12.6. The molecule has 0 spiro atoms. The summed E-state index contributed by atoms with van der Waals surface area (Å²) in [6.07, 6.45) is 0.771. The van der Waals surface area contributed by atoms with Gasteiger partial charge < -0.3 is 10.2 Å². The van der Waals surface area contributed by atoms with Gasteiger partial charge in [0.25, 0.3) is 10.0 Å². The summed E-state index contributed by atoms with van der Waals surface area (Å²) in [7, 11) is -4.42. The van der Waals surface area contributed by atoms with Crippen molar-refractivity contribution in [3.63, 3.8) is 0 Å². The van der Waals surface area contributed by atoms with Crippen LogP contribution in [0.25, 0.3) is 0 Å². The molecule has 0 radical (unpaired) electrons. The lowest BCUT2D eigenvalue weighted by Gasteiger charge is -2.34. The molecule has 1 N–H and O–H groups in total. The van der Waals surface area contributed by atoms with E-state index in [1.165, 1.54) is 71.6 Å². The molecule has 0 aliphatic heterocycles. The topological polar surface area (TPSA) is 86.8 Å². The molecule has 0 aliphatic rings. The Balaban J connectivity index is 1.81. The third-order valence-corrected chi connectivity index (χ3v) is 9.04. The molecular formula is C34H35F2N3O4S. The zero-order valence-corrected chi connectivity index (χ0v) is 25.4. The number of anilines is 1. The molecular weight excluding hydrogens is 584 g/mol. The molecule has 4 aromatic carbocycles. The summed E-state index contributed by atoms with van der Waals surface area (Å²) >= 11 is 0. The summed E-state index contributed by atoms with van der Waals surface area (Å²) in [6, 6.07) is 26.1. The molecule has 0 aromatic heterocycles. The highest BCUT2D eigenvalue weighted by molar-refractivity contribution is 7.92. The first-order valence-corrected chi connectivity index (χ1v) is 15.7. The Bertz CT molecular complexity index is 1650. The molecule has 44 heavy (non-hydrogen) atoms. The summed E-state index contributed by atoms with van der Waals surface area (Å²) in [6.45, 7) is 2.84. The fourth-order valence-electron chi connectivity index (χ4n) is 4.67. The van der Waals surface area contributed by atoms with Crippen LogP contribution in [-0.4, -0.2) is 43.8 Å². The van der Waals surface area contributed by atoms with Crippen molar-refractivity contribution in [3.8, 4) is 0 Å². The molecule has 4 rings (SSSR count). The van der Waals surface area contributed by atoms with Crippen molar-refractivity contribution in [1.82, 2.24) is 10.2 Å². The molecule has 0 heterocycles. The zero-order valence-electron chi connectivity index (χ0n) is 24.6. The highest BCUT2D eigenvalue weighted by atomic mass is 32.2. The van der Waals surface area contributed by atoms with E-state index < -0.39 is 46.1 Å². The number of carbonyl (C=O) groups excluding carboxylic acids is 2. The third kappa shape index (κ3) is 8.08. The minimum absolute atomic E-state index is 0.124. The summed E-state index contributed by atoms with van der Waals surface area (Å²) in [5.41, 5.74) is 0.990. The standard InChI is InChI=1S/C34H35F2N3O4S/c1-3-25(2)37-34(41)32(22-26-12-6-4-7-13-26)38(23-27-18-20-28(35)21-19-27)33(40)24-39(31-17-11-10-16-30(31)36)44(42,43)29-14-8-5-9-15-29/h4-21,25,32H,3,22-24H2,1-2H3,(H,37,41)/t25-,32-/m0/s1. The largest absolute Gasteiger partial charge is 0.352 e. The van der Waals surface area contributed by atoms with E-state index in [0.717, 1.165) is 15.9 Å². The van der Waals surface area contributed by atoms with Crippen molar-refractivity contribution in [2.24, 2.45) is 0 Å². The van der Waals surface area contributed by atoms with Gasteiger partial charge in [0.15, 0.2) is 0 Å². The van der Waals surface area contributed by atoms with Crippen LogP contribution in [0.1, 0.15) is 31.4 Å². The number of nitrogens with zero attached hydrogens (tertiary/aromatic N) is 2. The lowest BCUT2D eigenvalue weighted by Crippen LogP contribution is -2.54. The summed E-state index contributed by atoms with van der Waals surface area (Å²) in [5.74, 6) is -2.47. The average molecular weight is 620 g/mol. The highest BCUT2D eigenvalue weighted by Gasteiger charge is 2.35. The quantitative estimate of drug-likeness (QED) is 0.208. The minimum atomic E-state index is -4.42. The fraction of sp³-hybridized carbons (Fsp3) is 0.235. The summed E-state index contributed by atoms with van der Waals surface area (Å²) < 4.78 is 57.4. The number of benzene rings is 4. The molecule has 0 aliphatic carbocycles. The Morgan fingerprint density at radius 1 is 0.795 bits per heavy atom. The van der Waals surface area contributed by atoms with Gasteiger partial charge in [-0.1, -0.05) is 79.7 Å². The SMILES string of the molecule is CC[C@H](C)NC(=O)[C@H](Cc1ccccc1)N(Cc1ccc(F)cc1)C(=O)CN(c1ccccc1F)S(=O)(=O)c1ccccc1. The number of halogens is 2. The molecule has 230 valence electrons. The van der Waals surface area contributed by atoms with E-state index >= 15 is 4.39 Å². The fourth-order valence-corrected chi connectivity index (χ4v) is 6.11. The van der Waals surface area contributed by atoms with Gasteiger partial charge in [0.2, 0.25) is 11.8 Å². The molecule has 0 fully saturated rings. The van der Waals surface area contributed by atoms with Crippen molar-refractivity contribution in [3.05, 3.63) is 132 Å². The third-order valence-electron chi connectivity index (χ3n) is 7.27. The van der Waals surface area contributed by atoms with E-state index in [2.05, 4.69) is 5.32 Å². The number of hydrogen-bond acceptors (Lipinski definition) is 4. The Hall–Kier alpha value is -4.57.